The van der Waals surface area contributed by atoms with E-state index in [2.05, 4.69) is 26.1 Å². The highest BCUT2D eigenvalue weighted by Gasteiger charge is 2.49. The smallest absolute Gasteiger partial charge is 0.227 e. The van der Waals surface area contributed by atoms with Crippen LogP contribution in [0.1, 0.15) is 46.5 Å². The molecular formula is C11H22N2O. The van der Waals surface area contributed by atoms with E-state index in [9.17, 15) is 4.79 Å². The van der Waals surface area contributed by atoms with Gasteiger partial charge in [0.2, 0.25) is 5.91 Å². The van der Waals surface area contributed by atoms with Gasteiger partial charge in [0.05, 0.1) is 5.41 Å². The highest BCUT2D eigenvalue weighted by molar-refractivity contribution is 5.86. The van der Waals surface area contributed by atoms with Crippen molar-refractivity contribution in [1.82, 2.24) is 5.32 Å². The Morgan fingerprint density at radius 1 is 1.43 bits per heavy atom. The molecule has 0 aliphatic heterocycles. The van der Waals surface area contributed by atoms with Gasteiger partial charge in [0.25, 0.3) is 0 Å². The van der Waals surface area contributed by atoms with Crippen LogP contribution in [0.25, 0.3) is 0 Å². The van der Waals surface area contributed by atoms with Crippen LogP contribution < -0.4 is 11.1 Å². The van der Waals surface area contributed by atoms with Crippen LogP contribution in [0, 0.1) is 5.41 Å². The van der Waals surface area contributed by atoms with Gasteiger partial charge in [0, 0.05) is 12.1 Å². The van der Waals surface area contributed by atoms with Gasteiger partial charge in [-0.05, 0) is 32.6 Å². The second kappa shape index (κ2) is 3.89. The van der Waals surface area contributed by atoms with E-state index in [1.54, 1.807) is 0 Å². The van der Waals surface area contributed by atoms with Crippen LogP contribution in [0.15, 0.2) is 0 Å². The largest absolute Gasteiger partial charge is 0.350 e. The fraction of sp³-hybridized carbons (Fsp3) is 0.909. The van der Waals surface area contributed by atoms with Crippen LogP contribution in [0.3, 0.4) is 0 Å². The average molecular weight is 198 g/mol. The molecule has 0 aromatic carbocycles. The molecule has 82 valence electrons. The van der Waals surface area contributed by atoms with Crippen molar-refractivity contribution in [1.29, 1.82) is 0 Å². The molecule has 3 N–H and O–H groups in total. The molecule has 0 bridgehead atoms. The number of rotatable bonds is 5. The normalized spacial score (nSPS) is 19.1. The van der Waals surface area contributed by atoms with Crippen molar-refractivity contribution in [3.8, 4) is 0 Å². The van der Waals surface area contributed by atoms with Gasteiger partial charge in [0.15, 0.2) is 0 Å². The van der Waals surface area contributed by atoms with E-state index in [0.717, 1.165) is 25.7 Å². The van der Waals surface area contributed by atoms with Gasteiger partial charge >= 0.3 is 0 Å². The molecule has 0 heterocycles. The van der Waals surface area contributed by atoms with Gasteiger partial charge in [-0.2, -0.15) is 0 Å². The molecule has 1 fully saturated rings. The topological polar surface area (TPSA) is 55.1 Å². The monoisotopic (exact) mass is 198 g/mol. The Hall–Kier alpha value is -0.570. The third-order valence-corrected chi connectivity index (χ3v) is 3.70. The Morgan fingerprint density at radius 2 is 1.93 bits per heavy atom. The summed E-state index contributed by atoms with van der Waals surface area (Å²) in [6, 6.07) is 0. The fourth-order valence-corrected chi connectivity index (χ4v) is 1.51. The lowest BCUT2D eigenvalue weighted by Crippen LogP contribution is -2.49. The number of carbonyl (C=O) groups excluding carboxylic acids is 1. The molecule has 1 rings (SSSR count). The molecule has 0 spiro atoms. The molecule has 0 unspecified atom stereocenters. The van der Waals surface area contributed by atoms with Crippen LogP contribution in [0.4, 0.5) is 0 Å². The summed E-state index contributed by atoms with van der Waals surface area (Å²) in [6.45, 7) is 6.79. The van der Waals surface area contributed by atoms with Gasteiger partial charge < -0.3 is 11.1 Å². The summed E-state index contributed by atoms with van der Waals surface area (Å²) in [5.41, 5.74) is 5.34. The van der Waals surface area contributed by atoms with Crippen LogP contribution in [0.2, 0.25) is 0 Å². The van der Waals surface area contributed by atoms with Crippen molar-refractivity contribution in [3.05, 3.63) is 0 Å². The molecule has 1 aliphatic carbocycles. The van der Waals surface area contributed by atoms with Crippen molar-refractivity contribution in [2.45, 2.75) is 52.0 Å². The molecule has 0 aromatic rings. The number of hydrogen-bond acceptors (Lipinski definition) is 2. The van der Waals surface area contributed by atoms with Gasteiger partial charge in [-0.15, -0.1) is 0 Å². The molecule has 3 heteroatoms. The SMILES string of the molecule is CCC(C)(CC)NC(=O)C1(CN)CC1. The molecule has 1 amide bonds. The van der Waals surface area contributed by atoms with Crippen molar-refractivity contribution >= 4 is 5.91 Å². The quantitative estimate of drug-likeness (QED) is 0.702. The first-order valence-corrected chi connectivity index (χ1v) is 5.54. The fourth-order valence-electron chi connectivity index (χ4n) is 1.51. The molecule has 1 saturated carbocycles. The molecule has 0 aromatic heterocycles. The maximum absolute atomic E-state index is 11.9. The third-order valence-electron chi connectivity index (χ3n) is 3.70. The summed E-state index contributed by atoms with van der Waals surface area (Å²) in [6.07, 6.45) is 3.85. The van der Waals surface area contributed by atoms with Gasteiger partial charge in [-0.25, -0.2) is 0 Å². The minimum Gasteiger partial charge on any atom is -0.350 e. The molecule has 14 heavy (non-hydrogen) atoms. The highest BCUT2D eigenvalue weighted by atomic mass is 16.2. The zero-order valence-electron chi connectivity index (χ0n) is 9.52. The number of carbonyl (C=O) groups is 1. The lowest BCUT2D eigenvalue weighted by Gasteiger charge is -2.30. The third kappa shape index (κ3) is 2.08. The van der Waals surface area contributed by atoms with Crippen LogP contribution in [-0.4, -0.2) is 18.0 Å². The van der Waals surface area contributed by atoms with Gasteiger partial charge in [-0.1, -0.05) is 13.8 Å². The Labute approximate surface area is 86.4 Å². The predicted molar refractivity (Wildman–Crippen MR) is 57.9 cm³/mol. The Kier molecular flexibility index (Phi) is 3.20. The van der Waals surface area contributed by atoms with Gasteiger partial charge in [-0.3, -0.25) is 4.79 Å². The second-order valence-electron chi connectivity index (χ2n) is 4.71. The summed E-state index contributed by atoms with van der Waals surface area (Å²) in [7, 11) is 0. The first-order chi connectivity index (χ1) is 6.52. The summed E-state index contributed by atoms with van der Waals surface area (Å²) >= 11 is 0. The molecule has 0 atom stereocenters. The molecular weight excluding hydrogens is 176 g/mol. The molecule has 1 aliphatic rings. The maximum Gasteiger partial charge on any atom is 0.227 e. The van der Waals surface area contributed by atoms with Crippen molar-refractivity contribution in [2.75, 3.05) is 6.54 Å². The zero-order chi connectivity index (χ0) is 10.8. The van der Waals surface area contributed by atoms with E-state index >= 15 is 0 Å². The van der Waals surface area contributed by atoms with Crippen molar-refractivity contribution in [3.63, 3.8) is 0 Å². The second-order valence-corrected chi connectivity index (χ2v) is 4.71. The molecule has 0 saturated heterocycles. The summed E-state index contributed by atoms with van der Waals surface area (Å²) in [4.78, 5) is 11.9. The van der Waals surface area contributed by atoms with E-state index in [-0.39, 0.29) is 16.9 Å². The Balaban J connectivity index is 2.55. The molecule has 3 nitrogen and oxygen atoms in total. The number of nitrogens with one attached hydrogen (secondary N) is 1. The molecule has 0 radical (unpaired) electrons. The zero-order valence-corrected chi connectivity index (χ0v) is 9.52. The summed E-state index contributed by atoms with van der Waals surface area (Å²) < 4.78 is 0. The average Bonchev–Trinajstić information content (AvgIpc) is 2.98. The lowest BCUT2D eigenvalue weighted by atomic mass is 9.93. The van der Waals surface area contributed by atoms with Crippen LogP contribution in [-0.2, 0) is 4.79 Å². The Morgan fingerprint density at radius 3 is 2.21 bits per heavy atom. The van der Waals surface area contributed by atoms with Crippen molar-refractivity contribution in [2.24, 2.45) is 11.1 Å². The standard InChI is InChI=1S/C11H22N2O/c1-4-10(3,5-2)13-9(14)11(8-12)6-7-11/h4-8,12H2,1-3H3,(H,13,14). The maximum atomic E-state index is 11.9. The summed E-state index contributed by atoms with van der Waals surface area (Å²) in [5, 5.41) is 3.13. The number of hydrogen-bond donors (Lipinski definition) is 2. The lowest BCUT2D eigenvalue weighted by molar-refractivity contribution is -0.127. The predicted octanol–water partition coefficient (Wildman–Crippen LogP) is 1.42. The number of nitrogens with two attached hydrogens (primary N) is 1. The van der Waals surface area contributed by atoms with E-state index in [0.29, 0.717) is 6.54 Å². The van der Waals surface area contributed by atoms with E-state index in [4.69, 9.17) is 5.73 Å². The van der Waals surface area contributed by atoms with Crippen LogP contribution in [0.5, 0.6) is 0 Å². The van der Waals surface area contributed by atoms with Gasteiger partial charge in [0.1, 0.15) is 0 Å². The number of amides is 1. The van der Waals surface area contributed by atoms with Crippen molar-refractivity contribution < 1.29 is 4.79 Å². The van der Waals surface area contributed by atoms with E-state index in [1.165, 1.54) is 0 Å². The van der Waals surface area contributed by atoms with E-state index < -0.39 is 0 Å². The Bertz CT molecular complexity index is 217. The minimum absolute atomic E-state index is 0.0537. The van der Waals surface area contributed by atoms with Crippen LogP contribution >= 0.6 is 0 Å². The first kappa shape index (κ1) is 11.5. The first-order valence-electron chi connectivity index (χ1n) is 5.54. The minimum atomic E-state index is -0.217. The summed E-state index contributed by atoms with van der Waals surface area (Å²) in [5.74, 6) is 0.159. The highest BCUT2D eigenvalue weighted by Crippen LogP contribution is 2.45. The van der Waals surface area contributed by atoms with E-state index in [1.807, 2.05) is 0 Å².